The molecule has 122 valence electrons. The fourth-order valence-electron chi connectivity index (χ4n) is 2.89. The third-order valence-corrected chi connectivity index (χ3v) is 4.20. The van der Waals surface area contributed by atoms with Gasteiger partial charge in [-0.15, -0.1) is 0 Å². The Morgan fingerprint density at radius 1 is 1.22 bits per heavy atom. The zero-order valence-corrected chi connectivity index (χ0v) is 13.2. The fourth-order valence-corrected chi connectivity index (χ4v) is 2.89. The van der Waals surface area contributed by atoms with Crippen molar-refractivity contribution in [3.05, 3.63) is 41.7 Å². The molecule has 0 aliphatic carbocycles. The van der Waals surface area contributed by atoms with Crippen LogP contribution in [0.5, 0.6) is 0 Å². The van der Waals surface area contributed by atoms with Gasteiger partial charge in [0.1, 0.15) is 17.0 Å². The number of rotatable bonds is 4. The van der Waals surface area contributed by atoms with Crippen molar-refractivity contribution in [1.82, 2.24) is 15.0 Å². The van der Waals surface area contributed by atoms with E-state index >= 15 is 0 Å². The van der Waals surface area contributed by atoms with E-state index in [2.05, 4.69) is 10.1 Å². The summed E-state index contributed by atoms with van der Waals surface area (Å²) in [5.41, 5.74) is 2.03. The number of benzene rings is 1. The molecule has 2 aromatic rings. The molecule has 1 aliphatic heterocycles. The Labute approximate surface area is 135 Å². The second-order valence-electron chi connectivity index (χ2n) is 5.69. The number of hydrogen-bond acceptors (Lipinski definition) is 5. The van der Waals surface area contributed by atoms with Gasteiger partial charge < -0.3 is 14.5 Å². The SMILES string of the molecule is Cc1onc(-c2ccccc2)c1C(=O)N1CCN(CCO)CC1. The second kappa shape index (κ2) is 6.93. The van der Waals surface area contributed by atoms with Crippen molar-refractivity contribution in [3.63, 3.8) is 0 Å². The molecule has 1 aromatic carbocycles. The van der Waals surface area contributed by atoms with E-state index in [1.165, 1.54) is 0 Å². The van der Waals surface area contributed by atoms with Crippen LogP contribution in [-0.2, 0) is 0 Å². The first kappa shape index (κ1) is 15.7. The summed E-state index contributed by atoms with van der Waals surface area (Å²) in [6, 6.07) is 9.61. The molecule has 6 nitrogen and oxygen atoms in total. The predicted molar refractivity (Wildman–Crippen MR) is 86.1 cm³/mol. The Hall–Kier alpha value is -2.18. The molecular formula is C17H21N3O3. The van der Waals surface area contributed by atoms with E-state index in [9.17, 15) is 4.79 Å². The molecule has 0 unspecified atom stereocenters. The minimum Gasteiger partial charge on any atom is -0.395 e. The standard InChI is InChI=1S/C17H21N3O3/c1-13-15(16(18-23-13)14-5-3-2-4-6-14)17(22)20-9-7-19(8-10-20)11-12-21/h2-6,21H,7-12H2,1H3. The van der Waals surface area contributed by atoms with Gasteiger partial charge in [-0.25, -0.2) is 0 Å². The van der Waals surface area contributed by atoms with E-state index in [1.54, 1.807) is 6.92 Å². The summed E-state index contributed by atoms with van der Waals surface area (Å²) in [5.74, 6) is 0.512. The van der Waals surface area contributed by atoms with Crippen LogP contribution in [0.3, 0.4) is 0 Å². The third-order valence-electron chi connectivity index (χ3n) is 4.20. The molecule has 0 atom stereocenters. The number of aliphatic hydroxyl groups is 1. The van der Waals surface area contributed by atoms with Gasteiger partial charge in [0.2, 0.25) is 0 Å². The van der Waals surface area contributed by atoms with Gasteiger partial charge in [0.15, 0.2) is 0 Å². The lowest BCUT2D eigenvalue weighted by Crippen LogP contribution is -2.49. The van der Waals surface area contributed by atoms with E-state index in [4.69, 9.17) is 9.63 Å². The highest BCUT2D eigenvalue weighted by Crippen LogP contribution is 2.26. The Morgan fingerprint density at radius 2 is 1.91 bits per heavy atom. The zero-order valence-electron chi connectivity index (χ0n) is 13.2. The summed E-state index contributed by atoms with van der Waals surface area (Å²) < 4.78 is 5.28. The minimum atomic E-state index is -0.0359. The Bertz CT molecular complexity index is 661. The number of aliphatic hydroxyl groups excluding tert-OH is 1. The average Bonchev–Trinajstić information content (AvgIpc) is 2.97. The van der Waals surface area contributed by atoms with Crippen LogP contribution >= 0.6 is 0 Å². The lowest BCUT2D eigenvalue weighted by atomic mass is 10.0. The first-order chi connectivity index (χ1) is 11.2. The summed E-state index contributed by atoms with van der Waals surface area (Å²) in [5, 5.41) is 13.1. The zero-order chi connectivity index (χ0) is 16.2. The van der Waals surface area contributed by atoms with Crippen molar-refractivity contribution < 1.29 is 14.4 Å². The topological polar surface area (TPSA) is 69.8 Å². The van der Waals surface area contributed by atoms with Crippen molar-refractivity contribution in [1.29, 1.82) is 0 Å². The van der Waals surface area contributed by atoms with Gasteiger partial charge >= 0.3 is 0 Å². The highest BCUT2D eigenvalue weighted by Gasteiger charge is 2.28. The van der Waals surface area contributed by atoms with Crippen molar-refractivity contribution >= 4 is 5.91 Å². The summed E-state index contributed by atoms with van der Waals surface area (Å²) in [6.45, 7) is 5.43. The fraction of sp³-hybridized carbons (Fsp3) is 0.412. The monoisotopic (exact) mass is 315 g/mol. The number of β-amino-alcohol motifs (C(OH)–C–C–N with tert-alkyl or cyclic N) is 1. The molecule has 0 saturated carbocycles. The van der Waals surface area contributed by atoms with Crippen molar-refractivity contribution in [2.45, 2.75) is 6.92 Å². The van der Waals surface area contributed by atoms with Crippen LogP contribution in [0.1, 0.15) is 16.1 Å². The average molecular weight is 315 g/mol. The van der Waals surface area contributed by atoms with E-state index in [-0.39, 0.29) is 12.5 Å². The van der Waals surface area contributed by atoms with E-state index < -0.39 is 0 Å². The van der Waals surface area contributed by atoms with E-state index in [1.807, 2.05) is 35.2 Å². The third kappa shape index (κ3) is 3.28. The van der Waals surface area contributed by atoms with Crippen LogP contribution in [0.15, 0.2) is 34.9 Å². The maximum atomic E-state index is 12.9. The number of aryl methyl sites for hydroxylation is 1. The molecule has 1 aromatic heterocycles. The van der Waals surface area contributed by atoms with Gasteiger partial charge in [-0.2, -0.15) is 0 Å². The van der Waals surface area contributed by atoms with Crippen LogP contribution in [-0.4, -0.2) is 65.3 Å². The number of carbonyl (C=O) groups is 1. The molecule has 23 heavy (non-hydrogen) atoms. The second-order valence-corrected chi connectivity index (χ2v) is 5.69. The van der Waals surface area contributed by atoms with E-state index in [0.29, 0.717) is 36.7 Å². The lowest BCUT2D eigenvalue weighted by Gasteiger charge is -2.34. The number of carbonyl (C=O) groups excluding carboxylic acids is 1. The molecule has 0 spiro atoms. The molecule has 1 N–H and O–H groups in total. The first-order valence-corrected chi connectivity index (χ1v) is 7.85. The van der Waals surface area contributed by atoms with Crippen molar-refractivity contribution in [2.24, 2.45) is 0 Å². The van der Waals surface area contributed by atoms with Gasteiger partial charge in [0.25, 0.3) is 5.91 Å². The van der Waals surface area contributed by atoms with Gasteiger partial charge in [-0.3, -0.25) is 9.69 Å². The Morgan fingerprint density at radius 3 is 2.57 bits per heavy atom. The van der Waals surface area contributed by atoms with Gasteiger partial charge in [-0.05, 0) is 6.92 Å². The molecule has 1 aliphatic rings. The van der Waals surface area contributed by atoms with Crippen LogP contribution in [0.25, 0.3) is 11.3 Å². The number of aromatic nitrogens is 1. The summed E-state index contributed by atoms with van der Waals surface area (Å²) in [7, 11) is 0. The molecule has 6 heteroatoms. The first-order valence-electron chi connectivity index (χ1n) is 7.85. The molecule has 0 bridgehead atoms. The largest absolute Gasteiger partial charge is 0.395 e. The van der Waals surface area contributed by atoms with Crippen molar-refractivity contribution in [3.8, 4) is 11.3 Å². The quantitative estimate of drug-likeness (QED) is 0.923. The van der Waals surface area contributed by atoms with Gasteiger partial charge in [0, 0.05) is 38.3 Å². The maximum absolute atomic E-state index is 12.9. The number of nitrogens with zero attached hydrogens (tertiary/aromatic N) is 3. The highest BCUT2D eigenvalue weighted by molar-refractivity contribution is 6.00. The minimum absolute atomic E-state index is 0.0359. The van der Waals surface area contributed by atoms with Crippen LogP contribution in [0.2, 0.25) is 0 Å². The van der Waals surface area contributed by atoms with Crippen molar-refractivity contribution in [2.75, 3.05) is 39.3 Å². The van der Waals surface area contributed by atoms with Crippen LogP contribution in [0, 0.1) is 6.92 Å². The molecule has 1 fully saturated rings. The van der Waals surface area contributed by atoms with Gasteiger partial charge in [-0.1, -0.05) is 35.5 Å². The summed E-state index contributed by atoms with van der Waals surface area (Å²) >= 11 is 0. The molecule has 2 heterocycles. The molecule has 0 radical (unpaired) electrons. The summed E-state index contributed by atoms with van der Waals surface area (Å²) in [6.07, 6.45) is 0. The number of hydrogen-bond donors (Lipinski definition) is 1. The maximum Gasteiger partial charge on any atom is 0.259 e. The highest BCUT2D eigenvalue weighted by atomic mass is 16.5. The predicted octanol–water partition coefficient (Wildman–Crippen LogP) is 1.40. The number of amides is 1. The molecular weight excluding hydrogens is 294 g/mol. The summed E-state index contributed by atoms with van der Waals surface area (Å²) in [4.78, 5) is 16.9. The lowest BCUT2D eigenvalue weighted by molar-refractivity contribution is 0.0614. The van der Waals surface area contributed by atoms with Gasteiger partial charge in [0.05, 0.1) is 6.61 Å². The Balaban J connectivity index is 1.80. The molecule has 1 amide bonds. The van der Waals surface area contributed by atoms with Crippen LogP contribution < -0.4 is 0 Å². The normalized spacial score (nSPS) is 15.8. The molecule has 1 saturated heterocycles. The smallest absolute Gasteiger partial charge is 0.259 e. The molecule has 3 rings (SSSR count). The van der Waals surface area contributed by atoms with E-state index in [0.717, 1.165) is 18.7 Å². The Kier molecular flexibility index (Phi) is 4.73. The number of piperazine rings is 1. The van der Waals surface area contributed by atoms with Crippen LogP contribution in [0.4, 0.5) is 0 Å².